The highest BCUT2D eigenvalue weighted by molar-refractivity contribution is 7.88. The van der Waals surface area contributed by atoms with Gasteiger partial charge in [0.2, 0.25) is 16.0 Å². The summed E-state index contributed by atoms with van der Waals surface area (Å²) in [5.74, 6) is -0.205. The molecule has 0 radical (unpaired) electrons. The highest BCUT2D eigenvalue weighted by Gasteiger charge is 2.27. The predicted octanol–water partition coefficient (Wildman–Crippen LogP) is -0.134. The number of nitrogens with two attached hydrogens (primary N) is 1. The van der Waals surface area contributed by atoms with E-state index in [1.165, 1.54) is 33.7 Å². The molecule has 0 amide bonds. The van der Waals surface area contributed by atoms with Gasteiger partial charge < -0.3 is 5.73 Å². The molecule has 0 saturated heterocycles. The van der Waals surface area contributed by atoms with Crippen molar-refractivity contribution in [2.24, 2.45) is 0 Å². The first-order valence-electron chi connectivity index (χ1n) is 6.62. The van der Waals surface area contributed by atoms with Crippen molar-refractivity contribution >= 4 is 21.9 Å². The van der Waals surface area contributed by atoms with Crippen molar-refractivity contribution in [3.63, 3.8) is 0 Å². The molecule has 3 heterocycles. The van der Waals surface area contributed by atoms with Gasteiger partial charge in [-0.3, -0.25) is 14.3 Å². The average molecular weight is 321 g/mol. The smallest absolute Gasteiger partial charge is 0.266 e. The number of sulfonamides is 1. The van der Waals surface area contributed by atoms with Crippen LogP contribution in [0.2, 0.25) is 0 Å². The molecule has 0 atom stereocenters. The quantitative estimate of drug-likeness (QED) is 0.824. The molecule has 0 aliphatic carbocycles. The van der Waals surface area contributed by atoms with E-state index in [1.807, 2.05) is 0 Å². The molecule has 0 fully saturated rings. The largest absolute Gasteiger partial charge is 0.369 e. The molecule has 22 heavy (non-hydrogen) atoms. The molecule has 3 rings (SSSR count). The Labute approximate surface area is 127 Å². The van der Waals surface area contributed by atoms with Crippen molar-refractivity contribution in [2.75, 3.05) is 18.5 Å². The van der Waals surface area contributed by atoms with E-state index >= 15 is 0 Å². The van der Waals surface area contributed by atoms with Gasteiger partial charge in [0.05, 0.1) is 11.8 Å². The lowest BCUT2D eigenvalue weighted by molar-refractivity contribution is 0.0960. The number of aromatic nitrogens is 3. The number of fused-ring (bicyclic) bond motifs is 1. The normalized spacial score (nSPS) is 15.5. The van der Waals surface area contributed by atoms with E-state index in [0.717, 1.165) is 11.1 Å². The van der Waals surface area contributed by atoms with E-state index in [1.54, 1.807) is 6.20 Å². The topological polar surface area (TPSA) is 111 Å². The monoisotopic (exact) mass is 321 g/mol. The van der Waals surface area contributed by atoms with Crippen molar-refractivity contribution in [3.05, 3.63) is 41.5 Å². The van der Waals surface area contributed by atoms with Crippen molar-refractivity contribution in [2.45, 2.75) is 13.0 Å². The molecule has 0 aromatic carbocycles. The second-order valence-corrected chi connectivity index (χ2v) is 7.11. The Morgan fingerprint density at radius 2 is 2.14 bits per heavy atom. The van der Waals surface area contributed by atoms with E-state index in [2.05, 4.69) is 9.97 Å². The average Bonchev–Trinajstić information content (AvgIpc) is 2.90. The highest BCUT2D eigenvalue weighted by Crippen LogP contribution is 2.24. The van der Waals surface area contributed by atoms with Crippen LogP contribution in [0.25, 0.3) is 0 Å². The summed E-state index contributed by atoms with van der Waals surface area (Å²) in [7, 11) is -3.27. The number of nitrogen functional groups attached to an aromatic ring is 1. The lowest BCUT2D eigenvalue weighted by Crippen LogP contribution is -2.36. The Morgan fingerprint density at radius 3 is 2.77 bits per heavy atom. The van der Waals surface area contributed by atoms with Crippen LogP contribution in [-0.2, 0) is 23.0 Å². The van der Waals surface area contributed by atoms with Gasteiger partial charge in [-0.2, -0.15) is 4.31 Å². The Morgan fingerprint density at radius 1 is 1.36 bits per heavy atom. The molecule has 0 saturated carbocycles. The number of imidazole rings is 1. The molecule has 2 aromatic rings. The SMILES string of the molecule is CS(=O)(=O)N1CCc2c(cncc2C(=O)n2ccnc2N)C1. The van der Waals surface area contributed by atoms with Gasteiger partial charge in [0.15, 0.2) is 0 Å². The maximum absolute atomic E-state index is 12.5. The fourth-order valence-electron chi connectivity index (χ4n) is 2.55. The van der Waals surface area contributed by atoms with Gasteiger partial charge in [0, 0.05) is 37.9 Å². The van der Waals surface area contributed by atoms with Crippen molar-refractivity contribution < 1.29 is 13.2 Å². The molecule has 0 unspecified atom stereocenters. The lowest BCUT2D eigenvalue weighted by atomic mass is 9.98. The van der Waals surface area contributed by atoms with Gasteiger partial charge in [-0.15, -0.1) is 0 Å². The van der Waals surface area contributed by atoms with Crippen LogP contribution >= 0.6 is 0 Å². The zero-order valence-electron chi connectivity index (χ0n) is 11.9. The minimum atomic E-state index is -3.27. The van der Waals surface area contributed by atoms with E-state index in [4.69, 9.17) is 5.73 Å². The van der Waals surface area contributed by atoms with Crippen LogP contribution in [0.3, 0.4) is 0 Å². The standard InChI is InChI=1S/C13H15N5O3S/c1-22(20,21)17-4-2-10-9(8-17)6-15-7-11(10)12(19)18-5-3-16-13(18)14/h3,5-7H,2,4,8H2,1H3,(H2,14,16). The highest BCUT2D eigenvalue weighted by atomic mass is 32.2. The third-order valence-corrected chi connectivity index (χ3v) is 4.94. The Bertz CT molecular complexity index is 843. The minimum Gasteiger partial charge on any atom is -0.369 e. The van der Waals surface area contributed by atoms with E-state index < -0.39 is 10.0 Å². The van der Waals surface area contributed by atoms with Crippen LogP contribution in [0.5, 0.6) is 0 Å². The Hall–Kier alpha value is -2.26. The van der Waals surface area contributed by atoms with Gasteiger partial charge >= 0.3 is 0 Å². The molecule has 2 aromatic heterocycles. The van der Waals surface area contributed by atoms with E-state index in [0.29, 0.717) is 18.5 Å². The van der Waals surface area contributed by atoms with Gasteiger partial charge in [0.1, 0.15) is 0 Å². The maximum Gasteiger partial charge on any atom is 0.266 e. The first kappa shape index (κ1) is 14.7. The van der Waals surface area contributed by atoms with E-state index in [-0.39, 0.29) is 18.4 Å². The van der Waals surface area contributed by atoms with Crippen LogP contribution in [0.1, 0.15) is 21.5 Å². The van der Waals surface area contributed by atoms with Crippen molar-refractivity contribution in [3.8, 4) is 0 Å². The summed E-state index contributed by atoms with van der Waals surface area (Å²) in [4.78, 5) is 20.4. The molecule has 8 nitrogen and oxygen atoms in total. The Kier molecular flexibility index (Phi) is 3.45. The summed E-state index contributed by atoms with van der Waals surface area (Å²) in [6, 6.07) is 0. The number of hydrogen-bond acceptors (Lipinski definition) is 6. The summed E-state index contributed by atoms with van der Waals surface area (Å²) in [6.45, 7) is 0.567. The zero-order valence-corrected chi connectivity index (χ0v) is 12.7. The van der Waals surface area contributed by atoms with Gasteiger partial charge in [0.25, 0.3) is 5.91 Å². The van der Waals surface area contributed by atoms with Crippen LogP contribution in [-0.4, -0.2) is 46.0 Å². The predicted molar refractivity (Wildman–Crippen MR) is 79.6 cm³/mol. The number of carbonyl (C=O) groups is 1. The van der Waals surface area contributed by atoms with Crippen LogP contribution in [0.4, 0.5) is 5.95 Å². The third-order valence-electron chi connectivity index (χ3n) is 3.69. The second kappa shape index (κ2) is 5.18. The second-order valence-electron chi connectivity index (χ2n) is 5.13. The van der Waals surface area contributed by atoms with Crippen molar-refractivity contribution in [1.29, 1.82) is 0 Å². The molecule has 9 heteroatoms. The number of anilines is 1. The number of nitrogens with zero attached hydrogens (tertiary/aromatic N) is 4. The number of pyridine rings is 1. The molecule has 0 spiro atoms. The number of carbonyl (C=O) groups excluding carboxylic acids is 1. The molecule has 1 aliphatic heterocycles. The summed E-state index contributed by atoms with van der Waals surface area (Å²) in [6.07, 6.45) is 7.65. The molecule has 1 aliphatic rings. The first-order chi connectivity index (χ1) is 10.4. The Balaban J connectivity index is 2.00. The van der Waals surface area contributed by atoms with Gasteiger partial charge in [-0.25, -0.2) is 13.4 Å². The summed E-state index contributed by atoms with van der Waals surface area (Å²) in [5.41, 5.74) is 7.63. The zero-order chi connectivity index (χ0) is 15.9. The fourth-order valence-corrected chi connectivity index (χ4v) is 3.35. The summed E-state index contributed by atoms with van der Waals surface area (Å²) in [5, 5.41) is 0. The maximum atomic E-state index is 12.5. The third kappa shape index (κ3) is 2.48. The van der Waals surface area contributed by atoms with Gasteiger partial charge in [-0.05, 0) is 17.5 Å². The van der Waals surface area contributed by atoms with Crippen LogP contribution < -0.4 is 5.73 Å². The number of hydrogen-bond donors (Lipinski definition) is 1. The number of rotatable bonds is 2. The van der Waals surface area contributed by atoms with E-state index in [9.17, 15) is 13.2 Å². The van der Waals surface area contributed by atoms with Crippen LogP contribution in [0.15, 0.2) is 24.8 Å². The minimum absolute atomic E-state index is 0.108. The molecule has 116 valence electrons. The van der Waals surface area contributed by atoms with Gasteiger partial charge in [-0.1, -0.05) is 0 Å². The van der Waals surface area contributed by atoms with Crippen LogP contribution in [0, 0.1) is 0 Å². The molecule has 2 N–H and O–H groups in total. The first-order valence-corrected chi connectivity index (χ1v) is 8.47. The molecular formula is C13H15N5O3S. The lowest BCUT2D eigenvalue weighted by Gasteiger charge is -2.27. The molecule has 0 bridgehead atoms. The summed E-state index contributed by atoms with van der Waals surface area (Å²) >= 11 is 0. The fraction of sp³-hybridized carbons (Fsp3) is 0.308. The summed E-state index contributed by atoms with van der Waals surface area (Å²) < 4.78 is 25.9. The molecular weight excluding hydrogens is 306 g/mol. The van der Waals surface area contributed by atoms with Crippen molar-refractivity contribution in [1.82, 2.24) is 18.8 Å².